The Kier molecular flexibility index (Phi) is 8.55. The lowest BCUT2D eigenvalue weighted by molar-refractivity contribution is -0.115. The molecule has 0 spiro atoms. The van der Waals surface area contributed by atoms with Crippen LogP contribution in [0.4, 0.5) is 5.69 Å². The molecule has 3 rings (SSSR count). The van der Waals surface area contributed by atoms with Gasteiger partial charge in [-0.05, 0) is 72.2 Å². The average molecular weight is 481 g/mol. The summed E-state index contributed by atoms with van der Waals surface area (Å²) < 4.78 is 1.73. The number of anilines is 1. The van der Waals surface area contributed by atoms with Gasteiger partial charge < -0.3 is 5.32 Å². The zero-order valence-electron chi connectivity index (χ0n) is 21.3. The van der Waals surface area contributed by atoms with Crippen molar-refractivity contribution in [1.29, 1.82) is 0 Å². The molecule has 0 saturated heterocycles. The highest BCUT2D eigenvalue weighted by Gasteiger charge is 2.21. The van der Waals surface area contributed by atoms with E-state index in [1.165, 1.54) is 11.8 Å². The third kappa shape index (κ3) is 6.07. The lowest BCUT2D eigenvalue weighted by Crippen LogP contribution is -2.40. The number of thioether (sulfide) groups is 1. The van der Waals surface area contributed by atoms with Crippen molar-refractivity contribution in [2.75, 3.05) is 11.9 Å². The van der Waals surface area contributed by atoms with E-state index in [-0.39, 0.29) is 11.5 Å². The van der Waals surface area contributed by atoms with Gasteiger partial charge in [0.15, 0.2) is 5.16 Å². The lowest BCUT2D eigenvalue weighted by Gasteiger charge is -2.31. The van der Waals surface area contributed by atoms with Crippen LogP contribution in [0.1, 0.15) is 45.7 Å². The van der Waals surface area contributed by atoms with Crippen LogP contribution in [0.3, 0.4) is 0 Å². The third-order valence-electron chi connectivity index (χ3n) is 6.03. The number of hydrogen-bond acceptors (Lipinski definition) is 5. The van der Waals surface area contributed by atoms with Gasteiger partial charge in [-0.1, -0.05) is 41.6 Å². The third-order valence-corrected chi connectivity index (χ3v) is 7.12. The number of benzene rings is 2. The number of nitrogens with one attached hydrogen (secondary N) is 1. The summed E-state index contributed by atoms with van der Waals surface area (Å²) in [4.78, 5) is 33.6. The number of fused-ring (bicyclic) bond motifs is 1. The predicted molar refractivity (Wildman–Crippen MR) is 143 cm³/mol. The molecule has 1 amide bonds. The second-order valence-corrected chi connectivity index (χ2v) is 10.7. The number of carbonyl (C=O) groups excluding carboxylic acids is 1. The van der Waals surface area contributed by atoms with Gasteiger partial charge in [-0.15, -0.1) is 0 Å². The molecule has 1 aromatic heterocycles. The van der Waals surface area contributed by atoms with E-state index in [0.717, 1.165) is 23.4 Å². The van der Waals surface area contributed by atoms with Crippen molar-refractivity contribution in [1.82, 2.24) is 14.5 Å². The molecule has 1 unspecified atom stereocenters. The number of amides is 1. The Bertz CT molecular complexity index is 1210. The summed E-state index contributed by atoms with van der Waals surface area (Å²) in [6.45, 7) is 15.8. The number of aromatic nitrogens is 2. The Morgan fingerprint density at radius 2 is 1.74 bits per heavy atom. The molecule has 7 heteroatoms. The van der Waals surface area contributed by atoms with Crippen LogP contribution in [0, 0.1) is 13.8 Å². The number of nitrogens with zero attached hydrogens (tertiary/aromatic N) is 3. The van der Waals surface area contributed by atoms with E-state index in [9.17, 15) is 9.59 Å². The second-order valence-electron chi connectivity index (χ2n) is 9.36. The summed E-state index contributed by atoms with van der Waals surface area (Å²) in [5, 5.41) is 3.77. The van der Waals surface area contributed by atoms with E-state index in [2.05, 4.69) is 37.9 Å². The SMILES string of the molecule is Cc1ccc(NC(=O)C(C)Sc2nc3ccccc3c(=O)n2CCN(C(C)C)C(C)C)c(C)c1. The molecule has 1 N–H and O–H groups in total. The van der Waals surface area contributed by atoms with Crippen LogP contribution >= 0.6 is 11.8 Å². The molecule has 0 saturated carbocycles. The Labute approximate surface area is 206 Å². The number of rotatable bonds is 9. The predicted octanol–water partition coefficient (Wildman–Crippen LogP) is 5.25. The summed E-state index contributed by atoms with van der Waals surface area (Å²) in [5.74, 6) is -0.114. The molecule has 0 radical (unpaired) electrons. The highest BCUT2D eigenvalue weighted by molar-refractivity contribution is 8.00. The minimum Gasteiger partial charge on any atom is -0.325 e. The molecule has 1 atom stereocenters. The minimum atomic E-state index is -0.425. The van der Waals surface area contributed by atoms with Gasteiger partial charge in [-0.2, -0.15) is 0 Å². The van der Waals surface area contributed by atoms with Crippen molar-refractivity contribution in [3.8, 4) is 0 Å². The van der Waals surface area contributed by atoms with Crippen LogP contribution in [0.5, 0.6) is 0 Å². The highest BCUT2D eigenvalue weighted by atomic mass is 32.2. The van der Waals surface area contributed by atoms with Crippen LogP contribution in [0.2, 0.25) is 0 Å². The zero-order chi connectivity index (χ0) is 25.0. The first-order chi connectivity index (χ1) is 16.1. The number of aryl methyl sites for hydroxylation is 2. The fourth-order valence-electron chi connectivity index (χ4n) is 4.16. The molecule has 0 bridgehead atoms. The van der Waals surface area contributed by atoms with Gasteiger partial charge >= 0.3 is 0 Å². The van der Waals surface area contributed by atoms with Gasteiger partial charge in [-0.25, -0.2) is 4.98 Å². The highest BCUT2D eigenvalue weighted by Crippen LogP contribution is 2.25. The van der Waals surface area contributed by atoms with E-state index in [1.807, 2.05) is 63.2 Å². The lowest BCUT2D eigenvalue weighted by atomic mass is 10.1. The van der Waals surface area contributed by atoms with E-state index in [0.29, 0.717) is 34.7 Å². The molecule has 34 heavy (non-hydrogen) atoms. The number of carbonyl (C=O) groups is 1. The first-order valence-corrected chi connectivity index (χ1v) is 12.8. The van der Waals surface area contributed by atoms with Gasteiger partial charge in [0.25, 0.3) is 5.56 Å². The van der Waals surface area contributed by atoms with Gasteiger partial charge in [0.2, 0.25) is 5.91 Å². The molecule has 182 valence electrons. The maximum atomic E-state index is 13.4. The van der Waals surface area contributed by atoms with E-state index in [1.54, 1.807) is 4.57 Å². The molecule has 1 heterocycles. The smallest absolute Gasteiger partial charge is 0.262 e. The van der Waals surface area contributed by atoms with Gasteiger partial charge in [0.1, 0.15) is 0 Å². The molecule has 0 aliphatic heterocycles. The van der Waals surface area contributed by atoms with Crippen LogP contribution < -0.4 is 10.9 Å². The van der Waals surface area contributed by atoms with E-state index < -0.39 is 5.25 Å². The maximum absolute atomic E-state index is 13.4. The fraction of sp³-hybridized carbons (Fsp3) is 0.444. The van der Waals surface area contributed by atoms with Crippen molar-refractivity contribution in [2.45, 2.75) is 77.5 Å². The Morgan fingerprint density at radius 3 is 2.38 bits per heavy atom. The molecule has 0 aliphatic rings. The van der Waals surface area contributed by atoms with Crippen molar-refractivity contribution in [2.24, 2.45) is 0 Å². The molecule has 6 nitrogen and oxygen atoms in total. The monoisotopic (exact) mass is 480 g/mol. The molecular formula is C27H36N4O2S. The van der Waals surface area contributed by atoms with Crippen molar-refractivity contribution in [3.05, 3.63) is 63.9 Å². The standard InChI is InChI=1S/C27H36N4O2S/c1-17(2)30(18(3)4)14-15-31-26(33)22-10-8-9-11-24(22)29-27(31)34-21(7)25(32)28-23-13-12-19(5)16-20(23)6/h8-13,16-18,21H,14-15H2,1-7H3,(H,28,32). The van der Waals surface area contributed by atoms with Crippen molar-refractivity contribution >= 4 is 34.3 Å². The van der Waals surface area contributed by atoms with E-state index >= 15 is 0 Å². The van der Waals surface area contributed by atoms with Crippen LogP contribution in [-0.4, -0.2) is 44.2 Å². The summed E-state index contributed by atoms with van der Waals surface area (Å²) in [6.07, 6.45) is 0. The van der Waals surface area contributed by atoms with Crippen LogP contribution in [-0.2, 0) is 11.3 Å². The molecule has 0 fully saturated rings. The molecule has 3 aromatic rings. The van der Waals surface area contributed by atoms with Crippen LogP contribution in [0.25, 0.3) is 10.9 Å². The quantitative estimate of drug-likeness (QED) is 0.335. The summed E-state index contributed by atoms with van der Waals surface area (Å²) in [6, 6.07) is 14.1. The molecule has 2 aromatic carbocycles. The second kappa shape index (κ2) is 11.2. The first-order valence-electron chi connectivity index (χ1n) is 11.9. The van der Waals surface area contributed by atoms with Gasteiger partial charge in [-0.3, -0.25) is 19.1 Å². The summed E-state index contributed by atoms with van der Waals surface area (Å²) >= 11 is 1.33. The zero-order valence-corrected chi connectivity index (χ0v) is 22.1. The topological polar surface area (TPSA) is 67.2 Å². The van der Waals surface area contributed by atoms with Gasteiger partial charge in [0.05, 0.1) is 16.2 Å². The van der Waals surface area contributed by atoms with Gasteiger partial charge in [0, 0.05) is 30.9 Å². The molecular weight excluding hydrogens is 444 g/mol. The Hall–Kier alpha value is -2.64. The van der Waals surface area contributed by atoms with Crippen molar-refractivity contribution < 1.29 is 4.79 Å². The first kappa shape index (κ1) is 26.0. The minimum absolute atomic E-state index is 0.0671. The number of hydrogen-bond donors (Lipinski definition) is 1. The van der Waals surface area contributed by atoms with Crippen LogP contribution in [0.15, 0.2) is 52.4 Å². The fourth-order valence-corrected chi connectivity index (χ4v) is 5.10. The normalized spacial score (nSPS) is 12.6. The average Bonchev–Trinajstić information content (AvgIpc) is 2.77. The largest absolute Gasteiger partial charge is 0.325 e. The Morgan fingerprint density at radius 1 is 1.06 bits per heavy atom. The van der Waals surface area contributed by atoms with E-state index in [4.69, 9.17) is 4.98 Å². The van der Waals surface area contributed by atoms with Crippen molar-refractivity contribution in [3.63, 3.8) is 0 Å². The Balaban J connectivity index is 1.89. The summed E-state index contributed by atoms with van der Waals surface area (Å²) in [5.41, 5.74) is 3.56. The number of para-hydroxylation sites is 1. The summed E-state index contributed by atoms with van der Waals surface area (Å²) in [7, 11) is 0. The molecule has 0 aliphatic carbocycles. The maximum Gasteiger partial charge on any atom is 0.262 e.